The molecule has 1 aromatic heterocycles. The molecule has 2 atom stereocenters. The molecule has 0 fully saturated rings. The van der Waals surface area contributed by atoms with Crippen LogP contribution in [0.2, 0.25) is 0 Å². The fourth-order valence-corrected chi connectivity index (χ4v) is 2.60. The maximum atomic E-state index is 12.7. The Morgan fingerprint density at radius 3 is 2.25 bits per heavy atom. The van der Waals surface area contributed by atoms with E-state index in [9.17, 15) is 14.4 Å². The SMILES string of the molecule is C[C@H](N[C@H](C)C(=O)c1c(N)n(C)c(=O)n(C)c1=O)c1ccccc1. The molecule has 0 aliphatic carbocycles. The second kappa shape index (κ2) is 6.84. The van der Waals surface area contributed by atoms with Crippen LogP contribution in [0.25, 0.3) is 0 Å². The van der Waals surface area contributed by atoms with Gasteiger partial charge >= 0.3 is 5.69 Å². The van der Waals surface area contributed by atoms with E-state index in [-0.39, 0.29) is 17.4 Å². The second-order valence-corrected chi connectivity index (χ2v) is 5.85. The predicted octanol–water partition coefficient (Wildman–Crippen LogP) is 0.588. The minimum absolute atomic E-state index is 0.0808. The Morgan fingerprint density at radius 1 is 1.08 bits per heavy atom. The zero-order chi connectivity index (χ0) is 18.0. The van der Waals surface area contributed by atoms with E-state index < -0.39 is 23.1 Å². The number of aromatic nitrogens is 2. The molecule has 0 saturated heterocycles. The van der Waals surface area contributed by atoms with Gasteiger partial charge in [0.1, 0.15) is 11.4 Å². The van der Waals surface area contributed by atoms with E-state index >= 15 is 0 Å². The zero-order valence-electron chi connectivity index (χ0n) is 14.2. The third kappa shape index (κ3) is 3.16. The maximum absolute atomic E-state index is 12.7. The summed E-state index contributed by atoms with van der Waals surface area (Å²) in [5.41, 5.74) is 5.45. The van der Waals surface area contributed by atoms with Gasteiger partial charge in [-0.2, -0.15) is 0 Å². The highest BCUT2D eigenvalue weighted by molar-refractivity contribution is 6.03. The molecule has 0 spiro atoms. The molecule has 7 heteroatoms. The third-order valence-corrected chi connectivity index (χ3v) is 4.15. The number of carbonyl (C=O) groups is 1. The number of hydrogen-bond acceptors (Lipinski definition) is 5. The summed E-state index contributed by atoms with van der Waals surface area (Å²) < 4.78 is 1.99. The number of anilines is 1. The van der Waals surface area contributed by atoms with Crippen LogP contribution in [0, 0.1) is 0 Å². The van der Waals surface area contributed by atoms with E-state index in [1.54, 1.807) is 6.92 Å². The first-order valence-corrected chi connectivity index (χ1v) is 7.66. The number of nitrogens with two attached hydrogens (primary N) is 1. The molecule has 0 aliphatic heterocycles. The van der Waals surface area contributed by atoms with E-state index in [4.69, 9.17) is 5.73 Å². The summed E-state index contributed by atoms with van der Waals surface area (Å²) in [6.07, 6.45) is 0. The predicted molar refractivity (Wildman–Crippen MR) is 93.1 cm³/mol. The lowest BCUT2D eigenvalue weighted by Crippen LogP contribution is -2.45. The Kier molecular flexibility index (Phi) is 5.04. The molecule has 2 aromatic rings. The molecule has 3 N–H and O–H groups in total. The fraction of sp³-hybridized carbons (Fsp3) is 0.353. The summed E-state index contributed by atoms with van der Waals surface area (Å²) in [6, 6.07) is 8.94. The van der Waals surface area contributed by atoms with Gasteiger partial charge in [-0.1, -0.05) is 30.3 Å². The van der Waals surface area contributed by atoms with Crippen LogP contribution in [0.4, 0.5) is 5.82 Å². The largest absolute Gasteiger partial charge is 0.384 e. The number of carbonyl (C=O) groups excluding carboxylic acids is 1. The molecule has 24 heavy (non-hydrogen) atoms. The van der Waals surface area contributed by atoms with E-state index in [2.05, 4.69) is 5.32 Å². The molecular weight excluding hydrogens is 308 g/mol. The minimum Gasteiger partial charge on any atom is -0.384 e. The van der Waals surface area contributed by atoms with Crippen molar-refractivity contribution >= 4 is 11.6 Å². The number of rotatable bonds is 5. The Bertz CT molecular complexity index is 868. The molecule has 0 amide bonds. The van der Waals surface area contributed by atoms with Crippen molar-refractivity contribution < 1.29 is 4.79 Å². The van der Waals surface area contributed by atoms with Crippen molar-refractivity contribution in [3.05, 3.63) is 62.3 Å². The summed E-state index contributed by atoms with van der Waals surface area (Å²) in [6.45, 7) is 3.60. The molecule has 7 nitrogen and oxygen atoms in total. The number of nitrogens with one attached hydrogen (secondary N) is 1. The van der Waals surface area contributed by atoms with Crippen molar-refractivity contribution in [1.29, 1.82) is 0 Å². The van der Waals surface area contributed by atoms with E-state index in [1.807, 2.05) is 37.3 Å². The van der Waals surface area contributed by atoms with Gasteiger partial charge in [-0.05, 0) is 19.4 Å². The molecule has 128 valence electrons. The van der Waals surface area contributed by atoms with Gasteiger partial charge in [-0.3, -0.25) is 18.7 Å². The monoisotopic (exact) mass is 330 g/mol. The van der Waals surface area contributed by atoms with Crippen molar-refractivity contribution in [3.63, 3.8) is 0 Å². The molecule has 0 aliphatic rings. The standard InChI is InChI=1S/C17H22N4O3/c1-10(12-8-6-5-7-9-12)19-11(2)14(22)13-15(18)20(3)17(24)21(4)16(13)23/h5-11,19H,18H2,1-4H3/t10-,11+/m0/s1. The van der Waals surface area contributed by atoms with Gasteiger partial charge in [0.25, 0.3) is 5.56 Å². The number of nitrogens with zero attached hydrogens (tertiary/aromatic N) is 2. The van der Waals surface area contributed by atoms with Crippen LogP contribution in [-0.2, 0) is 14.1 Å². The lowest BCUT2D eigenvalue weighted by atomic mass is 10.0. The van der Waals surface area contributed by atoms with E-state index in [0.717, 1.165) is 14.7 Å². The summed E-state index contributed by atoms with van der Waals surface area (Å²) in [5, 5.41) is 3.16. The number of benzene rings is 1. The van der Waals surface area contributed by atoms with Crippen LogP contribution in [0.15, 0.2) is 39.9 Å². The summed E-state index contributed by atoms with van der Waals surface area (Å²) in [5.74, 6) is -0.555. The smallest absolute Gasteiger partial charge is 0.332 e. The van der Waals surface area contributed by atoms with Crippen molar-refractivity contribution in [2.75, 3.05) is 5.73 Å². The third-order valence-electron chi connectivity index (χ3n) is 4.15. The van der Waals surface area contributed by atoms with Crippen molar-refractivity contribution in [1.82, 2.24) is 14.5 Å². The summed E-state index contributed by atoms with van der Waals surface area (Å²) in [7, 11) is 2.75. The number of hydrogen-bond donors (Lipinski definition) is 2. The van der Waals surface area contributed by atoms with Gasteiger partial charge in [0.2, 0.25) is 0 Å². The highest BCUT2D eigenvalue weighted by atomic mass is 16.2. The maximum Gasteiger partial charge on any atom is 0.332 e. The van der Waals surface area contributed by atoms with Crippen LogP contribution in [0.3, 0.4) is 0 Å². The van der Waals surface area contributed by atoms with Gasteiger partial charge in [0.05, 0.1) is 6.04 Å². The Balaban J connectivity index is 2.33. The van der Waals surface area contributed by atoms with Crippen LogP contribution in [0.5, 0.6) is 0 Å². The lowest BCUT2D eigenvalue weighted by molar-refractivity contribution is 0.0943. The second-order valence-electron chi connectivity index (χ2n) is 5.85. The summed E-state index contributed by atoms with van der Waals surface area (Å²) >= 11 is 0. The highest BCUT2D eigenvalue weighted by Gasteiger charge is 2.25. The molecule has 1 heterocycles. The van der Waals surface area contributed by atoms with Crippen molar-refractivity contribution in [2.24, 2.45) is 14.1 Å². The average Bonchev–Trinajstić information content (AvgIpc) is 2.59. The number of Topliss-reactive ketones (excluding diaryl/α,β-unsaturated/α-hetero) is 1. The minimum atomic E-state index is -0.679. The molecule has 2 rings (SSSR count). The number of nitrogen functional groups attached to an aromatic ring is 1. The highest BCUT2D eigenvalue weighted by Crippen LogP contribution is 2.14. The first-order chi connectivity index (χ1) is 11.3. The molecular formula is C17H22N4O3. The fourth-order valence-electron chi connectivity index (χ4n) is 2.60. The Labute approximate surface area is 139 Å². The van der Waals surface area contributed by atoms with Crippen molar-refractivity contribution in [3.8, 4) is 0 Å². The molecule has 1 aromatic carbocycles. The normalized spacial score (nSPS) is 13.5. The molecule has 0 radical (unpaired) electrons. The van der Waals surface area contributed by atoms with Crippen LogP contribution >= 0.6 is 0 Å². The zero-order valence-corrected chi connectivity index (χ0v) is 14.2. The first-order valence-electron chi connectivity index (χ1n) is 7.66. The Hall–Kier alpha value is -2.67. The summed E-state index contributed by atoms with van der Waals surface area (Å²) in [4.78, 5) is 36.8. The van der Waals surface area contributed by atoms with Crippen LogP contribution < -0.4 is 22.3 Å². The quantitative estimate of drug-likeness (QED) is 0.782. The molecule has 0 unspecified atom stereocenters. The topological polar surface area (TPSA) is 99.1 Å². The van der Waals surface area contributed by atoms with Gasteiger partial charge in [0, 0.05) is 20.1 Å². The molecule has 0 bridgehead atoms. The van der Waals surface area contributed by atoms with E-state index in [1.165, 1.54) is 14.1 Å². The van der Waals surface area contributed by atoms with Crippen LogP contribution in [0.1, 0.15) is 35.8 Å². The Morgan fingerprint density at radius 2 is 1.67 bits per heavy atom. The molecule has 0 saturated carbocycles. The van der Waals surface area contributed by atoms with Gasteiger partial charge in [-0.25, -0.2) is 4.79 Å². The van der Waals surface area contributed by atoms with E-state index in [0.29, 0.717) is 0 Å². The average molecular weight is 330 g/mol. The van der Waals surface area contributed by atoms with Crippen molar-refractivity contribution in [2.45, 2.75) is 25.9 Å². The lowest BCUT2D eigenvalue weighted by Gasteiger charge is -2.20. The number of ketones is 1. The first kappa shape index (κ1) is 17.7. The van der Waals surface area contributed by atoms with Gasteiger partial charge < -0.3 is 11.1 Å². The van der Waals surface area contributed by atoms with Gasteiger partial charge in [0.15, 0.2) is 5.78 Å². The van der Waals surface area contributed by atoms with Crippen LogP contribution in [-0.4, -0.2) is 21.0 Å². The van der Waals surface area contributed by atoms with Gasteiger partial charge in [-0.15, -0.1) is 0 Å².